The maximum atomic E-state index is 12.6. The van der Waals surface area contributed by atoms with Crippen LogP contribution in [0, 0.1) is 0 Å². The standard InChI is InChI=1S/C17H14Cl2F2N2O/c1-9(10-2-3-11(7-15(20)21)14(18)6-10)23-8-13-12(17(23)24)4-5-22-16(13)19/h2-6,9,15H,7-8H2,1H3. The lowest BCUT2D eigenvalue weighted by atomic mass is 10.0. The van der Waals surface area contributed by atoms with Crippen molar-refractivity contribution in [3.8, 4) is 0 Å². The number of amides is 1. The normalized spacial score (nSPS) is 15.1. The van der Waals surface area contributed by atoms with E-state index in [9.17, 15) is 13.6 Å². The van der Waals surface area contributed by atoms with E-state index in [0.717, 1.165) is 5.56 Å². The Bertz CT molecular complexity index is 798. The van der Waals surface area contributed by atoms with Crippen molar-refractivity contribution in [3.05, 3.63) is 62.9 Å². The van der Waals surface area contributed by atoms with Gasteiger partial charge in [0.15, 0.2) is 0 Å². The molecule has 0 radical (unpaired) electrons. The minimum Gasteiger partial charge on any atom is -0.327 e. The number of nitrogens with zero attached hydrogens (tertiary/aromatic N) is 2. The highest BCUT2D eigenvalue weighted by Crippen LogP contribution is 2.34. The van der Waals surface area contributed by atoms with E-state index in [1.54, 1.807) is 29.2 Å². The number of carbonyl (C=O) groups is 1. The molecule has 126 valence electrons. The molecule has 0 N–H and O–H groups in total. The van der Waals surface area contributed by atoms with Crippen LogP contribution < -0.4 is 0 Å². The molecular weight excluding hydrogens is 357 g/mol. The van der Waals surface area contributed by atoms with Gasteiger partial charge in [-0.25, -0.2) is 13.8 Å². The van der Waals surface area contributed by atoms with Crippen molar-refractivity contribution in [1.29, 1.82) is 0 Å². The Morgan fingerprint density at radius 1 is 1.29 bits per heavy atom. The van der Waals surface area contributed by atoms with Crippen LogP contribution in [-0.4, -0.2) is 22.2 Å². The summed E-state index contributed by atoms with van der Waals surface area (Å²) in [5.41, 5.74) is 2.42. The van der Waals surface area contributed by atoms with Crippen LogP contribution in [0.5, 0.6) is 0 Å². The monoisotopic (exact) mass is 370 g/mol. The molecule has 1 aromatic heterocycles. The number of alkyl halides is 2. The van der Waals surface area contributed by atoms with Gasteiger partial charge in [0.05, 0.1) is 12.6 Å². The molecule has 24 heavy (non-hydrogen) atoms. The Kier molecular flexibility index (Phi) is 4.74. The summed E-state index contributed by atoms with van der Waals surface area (Å²) in [6, 6.07) is 6.33. The quantitative estimate of drug-likeness (QED) is 0.716. The summed E-state index contributed by atoms with van der Waals surface area (Å²) in [7, 11) is 0. The number of pyridine rings is 1. The Balaban J connectivity index is 1.86. The number of halogens is 4. The molecule has 0 spiro atoms. The lowest BCUT2D eigenvalue weighted by Gasteiger charge is -2.25. The van der Waals surface area contributed by atoms with Gasteiger partial charge in [-0.2, -0.15) is 0 Å². The van der Waals surface area contributed by atoms with E-state index in [0.29, 0.717) is 28.4 Å². The second-order valence-corrected chi connectivity index (χ2v) is 6.45. The Hall–Kier alpha value is -1.72. The predicted octanol–water partition coefficient (Wildman–Crippen LogP) is 4.91. The van der Waals surface area contributed by atoms with Crippen molar-refractivity contribution in [3.63, 3.8) is 0 Å². The van der Waals surface area contributed by atoms with E-state index in [1.165, 1.54) is 6.20 Å². The number of fused-ring (bicyclic) bond motifs is 1. The molecule has 0 fully saturated rings. The fourth-order valence-electron chi connectivity index (χ4n) is 2.86. The van der Waals surface area contributed by atoms with E-state index in [1.807, 2.05) is 6.92 Å². The third kappa shape index (κ3) is 3.10. The van der Waals surface area contributed by atoms with Gasteiger partial charge in [0.2, 0.25) is 6.43 Å². The minimum atomic E-state index is -2.45. The van der Waals surface area contributed by atoms with Gasteiger partial charge in [0, 0.05) is 28.8 Å². The Morgan fingerprint density at radius 2 is 2.04 bits per heavy atom. The van der Waals surface area contributed by atoms with Crippen molar-refractivity contribution in [2.75, 3.05) is 0 Å². The smallest absolute Gasteiger partial charge is 0.255 e. The van der Waals surface area contributed by atoms with E-state index >= 15 is 0 Å². The summed E-state index contributed by atoms with van der Waals surface area (Å²) < 4.78 is 25.0. The summed E-state index contributed by atoms with van der Waals surface area (Å²) in [5, 5.41) is 0.601. The van der Waals surface area contributed by atoms with E-state index in [-0.39, 0.29) is 23.4 Å². The van der Waals surface area contributed by atoms with Crippen LogP contribution in [0.15, 0.2) is 30.5 Å². The lowest BCUT2D eigenvalue weighted by molar-refractivity contribution is 0.0716. The van der Waals surface area contributed by atoms with Gasteiger partial charge in [-0.3, -0.25) is 4.79 Å². The molecule has 3 rings (SSSR count). The summed E-state index contributed by atoms with van der Waals surface area (Å²) in [6.07, 6.45) is -1.33. The third-order valence-corrected chi connectivity index (χ3v) is 4.90. The maximum Gasteiger partial charge on any atom is 0.255 e. The first kappa shape index (κ1) is 17.1. The van der Waals surface area contributed by atoms with Crippen LogP contribution in [0.4, 0.5) is 8.78 Å². The van der Waals surface area contributed by atoms with Crippen LogP contribution in [0.2, 0.25) is 10.2 Å². The van der Waals surface area contributed by atoms with Crippen LogP contribution in [0.3, 0.4) is 0 Å². The first-order chi connectivity index (χ1) is 11.4. The molecule has 7 heteroatoms. The van der Waals surface area contributed by atoms with E-state index in [2.05, 4.69) is 4.98 Å². The van der Waals surface area contributed by atoms with Crippen LogP contribution in [-0.2, 0) is 13.0 Å². The van der Waals surface area contributed by atoms with Crippen LogP contribution in [0.1, 0.15) is 40.0 Å². The lowest BCUT2D eigenvalue weighted by Crippen LogP contribution is -2.27. The average Bonchev–Trinajstić information content (AvgIpc) is 2.87. The van der Waals surface area contributed by atoms with E-state index in [4.69, 9.17) is 23.2 Å². The molecule has 1 amide bonds. The molecule has 1 atom stereocenters. The summed E-state index contributed by atoms with van der Waals surface area (Å²) in [5.74, 6) is -0.130. The fraction of sp³-hybridized carbons (Fsp3) is 0.294. The number of benzene rings is 1. The van der Waals surface area contributed by atoms with Gasteiger partial charge in [0.25, 0.3) is 5.91 Å². The number of hydrogen-bond donors (Lipinski definition) is 0. The van der Waals surface area contributed by atoms with Gasteiger partial charge < -0.3 is 4.90 Å². The van der Waals surface area contributed by atoms with E-state index < -0.39 is 6.43 Å². The fourth-order valence-corrected chi connectivity index (χ4v) is 3.35. The molecule has 1 aliphatic heterocycles. The third-order valence-electron chi connectivity index (χ3n) is 4.22. The molecule has 2 aromatic rings. The number of hydrogen-bond acceptors (Lipinski definition) is 2. The molecule has 0 bridgehead atoms. The van der Waals surface area contributed by atoms with Crippen molar-refractivity contribution < 1.29 is 13.6 Å². The van der Waals surface area contributed by atoms with Crippen molar-refractivity contribution in [2.24, 2.45) is 0 Å². The number of aromatic nitrogens is 1. The summed E-state index contributed by atoms with van der Waals surface area (Å²) in [4.78, 5) is 18.2. The molecule has 1 aliphatic rings. The van der Waals surface area contributed by atoms with Gasteiger partial charge >= 0.3 is 0 Å². The van der Waals surface area contributed by atoms with Gasteiger partial charge in [-0.1, -0.05) is 35.3 Å². The second kappa shape index (κ2) is 6.65. The second-order valence-electron chi connectivity index (χ2n) is 5.68. The van der Waals surface area contributed by atoms with Crippen molar-refractivity contribution in [2.45, 2.75) is 32.4 Å². The Morgan fingerprint density at radius 3 is 2.67 bits per heavy atom. The minimum absolute atomic E-state index is 0.130. The van der Waals surface area contributed by atoms with Crippen LogP contribution >= 0.6 is 23.2 Å². The topological polar surface area (TPSA) is 33.2 Å². The number of carbonyl (C=O) groups excluding carboxylic acids is 1. The average molecular weight is 371 g/mol. The highest BCUT2D eigenvalue weighted by molar-refractivity contribution is 6.31. The molecule has 1 unspecified atom stereocenters. The zero-order valence-corrected chi connectivity index (χ0v) is 14.3. The zero-order chi connectivity index (χ0) is 17.4. The van der Waals surface area contributed by atoms with Gasteiger partial charge in [0.1, 0.15) is 5.15 Å². The molecule has 3 nitrogen and oxygen atoms in total. The van der Waals surface area contributed by atoms with Gasteiger partial charge in [-0.05, 0) is 30.2 Å². The molecular formula is C17H14Cl2F2N2O. The molecule has 0 saturated carbocycles. The van der Waals surface area contributed by atoms with Crippen molar-refractivity contribution in [1.82, 2.24) is 9.88 Å². The maximum absolute atomic E-state index is 12.6. The van der Waals surface area contributed by atoms with Crippen molar-refractivity contribution >= 4 is 29.1 Å². The number of rotatable bonds is 4. The first-order valence-electron chi connectivity index (χ1n) is 7.39. The largest absolute Gasteiger partial charge is 0.327 e. The molecule has 2 heterocycles. The first-order valence-corrected chi connectivity index (χ1v) is 8.15. The highest BCUT2D eigenvalue weighted by atomic mass is 35.5. The molecule has 1 aromatic carbocycles. The summed E-state index contributed by atoms with van der Waals surface area (Å²) >= 11 is 12.2. The highest BCUT2D eigenvalue weighted by Gasteiger charge is 2.33. The SMILES string of the molecule is CC(c1ccc(CC(F)F)c(Cl)c1)N1Cc2c(ccnc2Cl)C1=O. The Labute approximate surface area is 148 Å². The molecule has 0 aliphatic carbocycles. The van der Waals surface area contributed by atoms with Crippen LogP contribution in [0.25, 0.3) is 0 Å². The van der Waals surface area contributed by atoms with Gasteiger partial charge in [-0.15, -0.1) is 0 Å². The zero-order valence-electron chi connectivity index (χ0n) is 12.8. The predicted molar refractivity (Wildman–Crippen MR) is 88.7 cm³/mol. The summed E-state index contributed by atoms with van der Waals surface area (Å²) in [6.45, 7) is 2.22. The molecule has 0 saturated heterocycles.